The van der Waals surface area contributed by atoms with Crippen molar-refractivity contribution in [2.24, 2.45) is 0 Å². The Morgan fingerprint density at radius 3 is 2.65 bits per heavy atom. The molecule has 2 rings (SSSR count). The molecule has 0 saturated carbocycles. The number of benzene rings is 1. The summed E-state index contributed by atoms with van der Waals surface area (Å²) in [6, 6.07) is 6.17. The molecule has 86 valence electrons. The minimum atomic E-state index is -0.0992. The topological polar surface area (TPSA) is 50.2 Å². The standard InChI is InChI=1S/C13H11NO2S/c1-9-8-17-13(14-9)7-6-12(16)10-2-4-11(15)5-3-10/h2-8,15H,1H3. The van der Waals surface area contributed by atoms with Crippen molar-refractivity contribution in [2.45, 2.75) is 6.92 Å². The maximum absolute atomic E-state index is 11.7. The summed E-state index contributed by atoms with van der Waals surface area (Å²) in [6.07, 6.45) is 3.19. The lowest BCUT2D eigenvalue weighted by Crippen LogP contribution is -1.92. The van der Waals surface area contributed by atoms with Gasteiger partial charge >= 0.3 is 0 Å². The molecule has 1 aromatic carbocycles. The first-order chi connectivity index (χ1) is 8.15. The van der Waals surface area contributed by atoms with Crippen LogP contribution >= 0.6 is 11.3 Å². The number of carbonyl (C=O) groups is 1. The summed E-state index contributed by atoms with van der Waals surface area (Å²) in [6.45, 7) is 1.91. The van der Waals surface area contributed by atoms with Crippen molar-refractivity contribution in [3.05, 3.63) is 52.0 Å². The van der Waals surface area contributed by atoms with E-state index in [0.717, 1.165) is 10.7 Å². The van der Waals surface area contributed by atoms with Gasteiger partial charge in [-0.1, -0.05) is 0 Å². The summed E-state index contributed by atoms with van der Waals surface area (Å²) in [4.78, 5) is 16.0. The third kappa shape index (κ3) is 3.01. The van der Waals surface area contributed by atoms with E-state index >= 15 is 0 Å². The number of ketones is 1. The Balaban J connectivity index is 2.11. The van der Waals surface area contributed by atoms with E-state index < -0.39 is 0 Å². The van der Waals surface area contributed by atoms with Crippen molar-refractivity contribution in [3.63, 3.8) is 0 Å². The summed E-state index contributed by atoms with van der Waals surface area (Å²) >= 11 is 1.50. The number of hydrogen-bond acceptors (Lipinski definition) is 4. The molecule has 0 fully saturated rings. The van der Waals surface area contributed by atoms with Crippen LogP contribution in [0.3, 0.4) is 0 Å². The first-order valence-corrected chi connectivity index (χ1v) is 5.97. The molecule has 0 radical (unpaired) electrons. The van der Waals surface area contributed by atoms with Crippen LogP contribution in [0, 0.1) is 6.92 Å². The lowest BCUT2D eigenvalue weighted by molar-refractivity contribution is 0.104. The summed E-state index contributed by atoms with van der Waals surface area (Å²) in [5.41, 5.74) is 1.50. The van der Waals surface area contributed by atoms with Crippen molar-refractivity contribution in [1.82, 2.24) is 4.98 Å². The number of carbonyl (C=O) groups excluding carboxylic acids is 1. The number of phenols is 1. The molecule has 0 amide bonds. The number of hydrogen-bond donors (Lipinski definition) is 1. The van der Waals surface area contributed by atoms with Gasteiger partial charge in [0.25, 0.3) is 0 Å². The molecule has 2 aromatic rings. The predicted molar refractivity (Wildman–Crippen MR) is 68.3 cm³/mol. The molecule has 1 aromatic heterocycles. The van der Waals surface area contributed by atoms with E-state index in [4.69, 9.17) is 5.11 Å². The van der Waals surface area contributed by atoms with Gasteiger partial charge in [0.2, 0.25) is 0 Å². The van der Waals surface area contributed by atoms with Gasteiger partial charge in [0, 0.05) is 16.6 Å². The summed E-state index contributed by atoms with van der Waals surface area (Å²) < 4.78 is 0. The molecule has 17 heavy (non-hydrogen) atoms. The molecule has 1 N–H and O–H groups in total. The van der Waals surface area contributed by atoms with E-state index in [1.54, 1.807) is 18.2 Å². The third-order valence-corrected chi connectivity index (χ3v) is 3.09. The van der Waals surface area contributed by atoms with Gasteiger partial charge in [-0.3, -0.25) is 4.79 Å². The number of rotatable bonds is 3. The molecule has 0 aliphatic heterocycles. The second-order valence-electron chi connectivity index (χ2n) is 3.57. The fraction of sp³-hybridized carbons (Fsp3) is 0.0769. The van der Waals surface area contributed by atoms with Crippen molar-refractivity contribution >= 4 is 23.2 Å². The monoisotopic (exact) mass is 245 g/mol. The SMILES string of the molecule is Cc1csc(C=CC(=O)c2ccc(O)cc2)n1. The van der Waals surface area contributed by atoms with Gasteiger partial charge in [0.15, 0.2) is 5.78 Å². The average Bonchev–Trinajstić information content (AvgIpc) is 2.73. The largest absolute Gasteiger partial charge is 0.508 e. The van der Waals surface area contributed by atoms with Gasteiger partial charge in [0.05, 0.1) is 0 Å². The number of aryl methyl sites for hydroxylation is 1. The van der Waals surface area contributed by atoms with E-state index in [1.165, 1.54) is 29.5 Å². The maximum Gasteiger partial charge on any atom is 0.185 e. The predicted octanol–water partition coefficient (Wildman–Crippen LogP) is 3.05. The number of phenolic OH excluding ortho intramolecular Hbond substituents is 1. The molecule has 1 heterocycles. The van der Waals surface area contributed by atoms with E-state index in [9.17, 15) is 4.79 Å². The van der Waals surface area contributed by atoms with Crippen LogP contribution in [0.1, 0.15) is 21.1 Å². The lowest BCUT2D eigenvalue weighted by atomic mass is 10.1. The van der Waals surface area contributed by atoms with Gasteiger partial charge < -0.3 is 5.11 Å². The van der Waals surface area contributed by atoms with E-state index in [2.05, 4.69) is 4.98 Å². The minimum Gasteiger partial charge on any atom is -0.508 e. The molecule has 0 unspecified atom stereocenters. The second kappa shape index (κ2) is 4.93. The Morgan fingerprint density at radius 1 is 1.35 bits per heavy atom. The van der Waals surface area contributed by atoms with Crippen LogP contribution in [-0.4, -0.2) is 15.9 Å². The smallest absolute Gasteiger partial charge is 0.185 e. The highest BCUT2D eigenvalue weighted by atomic mass is 32.1. The maximum atomic E-state index is 11.7. The first kappa shape index (κ1) is 11.5. The van der Waals surface area contributed by atoms with E-state index in [-0.39, 0.29) is 11.5 Å². The Hall–Kier alpha value is -1.94. The zero-order valence-electron chi connectivity index (χ0n) is 9.25. The fourth-order valence-corrected chi connectivity index (χ4v) is 2.00. The number of allylic oxidation sites excluding steroid dienone is 1. The van der Waals surface area contributed by atoms with Crippen molar-refractivity contribution < 1.29 is 9.90 Å². The number of nitrogens with zero attached hydrogens (tertiary/aromatic N) is 1. The normalized spacial score (nSPS) is 10.9. The van der Waals surface area contributed by atoms with Gasteiger partial charge in [0.1, 0.15) is 10.8 Å². The van der Waals surface area contributed by atoms with Gasteiger partial charge in [-0.25, -0.2) is 4.98 Å². The van der Waals surface area contributed by atoms with Crippen molar-refractivity contribution in [2.75, 3.05) is 0 Å². The quantitative estimate of drug-likeness (QED) is 0.668. The molecule has 0 aliphatic rings. The molecular weight excluding hydrogens is 234 g/mol. The Bertz CT molecular complexity index is 555. The van der Waals surface area contributed by atoms with Crippen LogP contribution in [0.15, 0.2) is 35.7 Å². The molecule has 0 aliphatic carbocycles. The summed E-state index contributed by atoms with van der Waals surface area (Å²) in [5.74, 6) is 0.0546. The Morgan fingerprint density at radius 2 is 2.06 bits per heavy atom. The van der Waals surface area contributed by atoms with Gasteiger partial charge in [-0.2, -0.15) is 0 Å². The van der Waals surface area contributed by atoms with Crippen LogP contribution < -0.4 is 0 Å². The molecule has 0 atom stereocenters. The van der Waals surface area contributed by atoms with Crippen molar-refractivity contribution in [3.8, 4) is 5.75 Å². The van der Waals surface area contributed by atoms with Gasteiger partial charge in [-0.15, -0.1) is 11.3 Å². The highest BCUT2D eigenvalue weighted by molar-refractivity contribution is 7.10. The molecule has 4 heteroatoms. The van der Waals surface area contributed by atoms with E-state index in [0.29, 0.717) is 5.56 Å². The Labute approximate surface area is 103 Å². The highest BCUT2D eigenvalue weighted by Crippen LogP contribution is 2.13. The molecule has 0 spiro atoms. The third-order valence-electron chi connectivity index (χ3n) is 2.17. The zero-order valence-corrected chi connectivity index (χ0v) is 10.1. The number of thiazole rings is 1. The molecule has 0 saturated heterocycles. The Kier molecular flexibility index (Phi) is 3.35. The molecule has 0 bridgehead atoms. The molecule has 3 nitrogen and oxygen atoms in total. The number of aromatic hydroxyl groups is 1. The summed E-state index contributed by atoms with van der Waals surface area (Å²) in [5, 5.41) is 11.9. The van der Waals surface area contributed by atoms with Crippen LogP contribution in [0.5, 0.6) is 5.75 Å². The van der Waals surface area contributed by atoms with Gasteiger partial charge in [-0.05, 0) is 43.3 Å². The molecular formula is C13H11NO2S. The second-order valence-corrected chi connectivity index (χ2v) is 4.46. The van der Waals surface area contributed by atoms with Crippen LogP contribution in [0.4, 0.5) is 0 Å². The van der Waals surface area contributed by atoms with Crippen LogP contribution in [-0.2, 0) is 0 Å². The van der Waals surface area contributed by atoms with Crippen LogP contribution in [0.25, 0.3) is 6.08 Å². The first-order valence-electron chi connectivity index (χ1n) is 5.09. The van der Waals surface area contributed by atoms with Crippen LogP contribution in [0.2, 0.25) is 0 Å². The summed E-state index contributed by atoms with van der Waals surface area (Å²) in [7, 11) is 0. The highest BCUT2D eigenvalue weighted by Gasteiger charge is 2.01. The minimum absolute atomic E-state index is 0.0992. The zero-order chi connectivity index (χ0) is 12.3. The van der Waals surface area contributed by atoms with Crippen molar-refractivity contribution in [1.29, 1.82) is 0 Å². The van der Waals surface area contributed by atoms with E-state index in [1.807, 2.05) is 12.3 Å². The fourth-order valence-electron chi connectivity index (χ4n) is 1.32. The number of aromatic nitrogens is 1. The average molecular weight is 245 g/mol. The lowest BCUT2D eigenvalue weighted by Gasteiger charge is -1.95.